The van der Waals surface area contributed by atoms with Crippen LogP contribution in [0, 0.1) is 0 Å². The molecule has 1 N–H and O–H groups in total. The van der Waals surface area contributed by atoms with E-state index < -0.39 is 10.7 Å². The summed E-state index contributed by atoms with van der Waals surface area (Å²) >= 11 is 3.28. The number of carboxylic acid groups (broad SMARTS) is 1. The zero-order chi connectivity index (χ0) is 10.4. The molecule has 1 fully saturated rings. The first-order chi connectivity index (χ1) is 6.71. The second-order valence-electron chi connectivity index (χ2n) is 3.30. The number of hydrogen-bond acceptors (Lipinski definition) is 4. The van der Waals surface area contributed by atoms with Crippen LogP contribution in [-0.2, 0) is 9.53 Å². The van der Waals surface area contributed by atoms with Crippen molar-refractivity contribution in [3.63, 3.8) is 0 Å². The van der Waals surface area contributed by atoms with Gasteiger partial charge in [-0.1, -0.05) is 0 Å². The van der Waals surface area contributed by atoms with Gasteiger partial charge in [0.25, 0.3) is 0 Å². The van der Waals surface area contributed by atoms with E-state index in [4.69, 9.17) is 4.74 Å². The van der Waals surface area contributed by atoms with E-state index in [1.165, 1.54) is 11.8 Å². The second-order valence-corrected chi connectivity index (χ2v) is 5.88. The Labute approximate surface area is 93.0 Å². The van der Waals surface area contributed by atoms with Crippen LogP contribution in [0.4, 0.5) is 0 Å². The van der Waals surface area contributed by atoms with Crippen LogP contribution in [0.3, 0.4) is 0 Å². The Morgan fingerprint density at radius 2 is 2.50 bits per heavy atom. The lowest BCUT2D eigenvalue weighted by atomic mass is 10.1. The monoisotopic (exact) mass is 236 g/mol. The molecule has 0 aliphatic carbocycles. The first-order valence-electron chi connectivity index (χ1n) is 4.65. The van der Waals surface area contributed by atoms with Crippen LogP contribution in [0.1, 0.15) is 12.8 Å². The van der Waals surface area contributed by atoms with Crippen LogP contribution in [0.25, 0.3) is 0 Å². The molecule has 1 aliphatic rings. The minimum atomic E-state index is -0.661. The third kappa shape index (κ3) is 3.07. The number of aliphatic carboxylic acids is 1. The Morgan fingerprint density at radius 3 is 3.00 bits per heavy atom. The van der Waals surface area contributed by atoms with Gasteiger partial charge in [-0.25, -0.2) is 0 Å². The maximum Gasteiger partial charge on any atom is 0.320 e. The molecular formula is C9H16O3S2. The Bertz CT molecular complexity index is 190. The number of methoxy groups -OCH3 is 1. The summed E-state index contributed by atoms with van der Waals surface area (Å²) in [5, 5.41) is 9.21. The molecule has 1 unspecified atom stereocenters. The predicted octanol–water partition coefficient (Wildman–Crippen LogP) is 1.72. The maximum absolute atomic E-state index is 11.2. The second kappa shape index (κ2) is 5.88. The lowest BCUT2D eigenvalue weighted by Crippen LogP contribution is -2.40. The third-order valence-corrected chi connectivity index (χ3v) is 5.16. The molecule has 0 aromatic heterocycles. The fourth-order valence-electron chi connectivity index (χ4n) is 1.43. The molecule has 3 nitrogen and oxygen atoms in total. The highest BCUT2D eigenvalue weighted by molar-refractivity contribution is 8.04. The Hall–Kier alpha value is 0.130. The Balaban J connectivity index is 2.47. The summed E-state index contributed by atoms with van der Waals surface area (Å²) in [5.74, 6) is 1.94. The fraction of sp³-hybridized carbons (Fsp3) is 0.889. The van der Waals surface area contributed by atoms with Crippen LogP contribution in [-0.4, -0.2) is 46.8 Å². The third-order valence-electron chi connectivity index (χ3n) is 2.26. The summed E-state index contributed by atoms with van der Waals surface area (Å²) in [5.41, 5.74) is 0. The smallest absolute Gasteiger partial charge is 0.320 e. The van der Waals surface area contributed by atoms with E-state index in [9.17, 15) is 9.90 Å². The summed E-state index contributed by atoms with van der Waals surface area (Å²) in [4.78, 5) is 11.2. The summed E-state index contributed by atoms with van der Waals surface area (Å²) in [6.45, 7) is 0.629. The van der Waals surface area contributed by atoms with Crippen molar-refractivity contribution in [2.75, 3.05) is 31.0 Å². The topological polar surface area (TPSA) is 46.5 Å². The molecule has 1 aliphatic heterocycles. The van der Waals surface area contributed by atoms with Gasteiger partial charge in [0.1, 0.15) is 4.75 Å². The van der Waals surface area contributed by atoms with Gasteiger partial charge in [0, 0.05) is 18.6 Å². The molecule has 1 saturated heterocycles. The van der Waals surface area contributed by atoms with Gasteiger partial charge < -0.3 is 9.84 Å². The minimum Gasteiger partial charge on any atom is -0.480 e. The quantitative estimate of drug-likeness (QED) is 0.736. The van der Waals surface area contributed by atoms with Crippen molar-refractivity contribution in [2.45, 2.75) is 17.6 Å². The van der Waals surface area contributed by atoms with Gasteiger partial charge in [0.2, 0.25) is 0 Å². The predicted molar refractivity (Wildman–Crippen MR) is 61.3 cm³/mol. The first kappa shape index (κ1) is 12.2. The summed E-state index contributed by atoms with van der Waals surface area (Å²) < 4.78 is 4.38. The molecule has 0 spiro atoms. The molecule has 0 saturated carbocycles. The van der Waals surface area contributed by atoms with Gasteiger partial charge in [-0.05, 0) is 18.6 Å². The molecule has 1 rings (SSSR count). The zero-order valence-corrected chi connectivity index (χ0v) is 9.96. The number of thioether (sulfide) groups is 2. The molecule has 0 radical (unpaired) electrons. The van der Waals surface area contributed by atoms with Gasteiger partial charge in [-0.3, -0.25) is 4.79 Å². The highest BCUT2D eigenvalue weighted by Crippen LogP contribution is 2.38. The van der Waals surface area contributed by atoms with E-state index >= 15 is 0 Å². The SMILES string of the molecule is COCCSC1(C(=O)O)CCCSC1. The fourth-order valence-corrected chi connectivity index (χ4v) is 4.16. The van der Waals surface area contributed by atoms with Crippen LogP contribution < -0.4 is 0 Å². The van der Waals surface area contributed by atoms with E-state index in [0.29, 0.717) is 6.61 Å². The van der Waals surface area contributed by atoms with Crippen molar-refractivity contribution >= 4 is 29.5 Å². The van der Waals surface area contributed by atoms with Crippen LogP contribution in [0.5, 0.6) is 0 Å². The van der Waals surface area contributed by atoms with Gasteiger partial charge in [0.15, 0.2) is 0 Å². The zero-order valence-electron chi connectivity index (χ0n) is 8.32. The highest BCUT2D eigenvalue weighted by Gasteiger charge is 2.40. The molecule has 0 aromatic rings. The number of rotatable bonds is 5. The number of carbonyl (C=O) groups is 1. The molecule has 1 atom stereocenters. The number of carboxylic acids is 1. The molecule has 0 bridgehead atoms. The Morgan fingerprint density at radius 1 is 1.71 bits per heavy atom. The molecule has 1 heterocycles. The van der Waals surface area contributed by atoms with E-state index in [1.807, 2.05) is 0 Å². The van der Waals surface area contributed by atoms with Gasteiger partial charge in [-0.15, -0.1) is 11.8 Å². The summed E-state index contributed by atoms with van der Waals surface area (Å²) in [7, 11) is 1.64. The van der Waals surface area contributed by atoms with Crippen LogP contribution in [0.2, 0.25) is 0 Å². The average molecular weight is 236 g/mol. The van der Waals surface area contributed by atoms with Crippen LogP contribution in [0.15, 0.2) is 0 Å². The lowest BCUT2D eigenvalue weighted by Gasteiger charge is -2.31. The standard InChI is InChI=1S/C9H16O3S2/c1-12-4-6-14-9(8(10)11)3-2-5-13-7-9/h2-7H2,1H3,(H,10,11). The van der Waals surface area contributed by atoms with Crippen molar-refractivity contribution in [3.05, 3.63) is 0 Å². The van der Waals surface area contributed by atoms with Crippen molar-refractivity contribution in [3.8, 4) is 0 Å². The first-order valence-corrected chi connectivity index (χ1v) is 6.79. The van der Waals surface area contributed by atoms with Crippen molar-refractivity contribution in [1.82, 2.24) is 0 Å². The van der Waals surface area contributed by atoms with E-state index in [0.717, 1.165) is 30.1 Å². The average Bonchev–Trinajstić information content (AvgIpc) is 2.19. The van der Waals surface area contributed by atoms with E-state index in [1.54, 1.807) is 18.9 Å². The lowest BCUT2D eigenvalue weighted by molar-refractivity contribution is -0.139. The molecule has 0 aromatic carbocycles. The van der Waals surface area contributed by atoms with Crippen molar-refractivity contribution < 1.29 is 14.6 Å². The Kier molecular flexibility index (Phi) is 5.12. The number of ether oxygens (including phenoxy) is 1. The van der Waals surface area contributed by atoms with Gasteiger partial charge in [-0.2, -0.15) is 11.8 Å². The summed E-state index contributed by atoms with van der Waals surface area (Å²) in [6.07, 6.45) is 1.81. The minimum absolute atomic E-state index is 0.554. The van der Waals surface area contributed by atoms with Crippen LogP contribution >= 0.6 is 23.5 Å². The summed E-state index contributed by atoms with van der Waals surface area (Å²) in [6, 6.07) is 0. The molecule has 5 heteroatoms. The largest absolute Gasteiger partial charge is 0.480 e. The molecule has 14 heavy (non-hydrogen) atoms. The number of hydrogen-bond donors (Lipinski definition) is 1. The highest BCUT2D eigenvalue weighted by atomic mass is 32.2. The van der Waals surface area contributed by atoms with Gasteiger partial charge >= 0.3 is 5.97 Å². The van der Waals surface area contributed by atoms with Gasteiger partial charge in [0.05, 0.1) is 6.61 Å². The van der Waals surface area contributed by atoms with E-state index in [2.05, 4.69) is 0 Å². The molecule has 0 amide bonds. The maximum atomic E-state index is 11.2. The molecule has 82 valence electrons. The van der Waals surface area contributed by atoms with E-state index in [-0.39, 0.29) is 0 Å². The van der Waals surface area contributed by atoms with Crippen molar-refractivity contribution in [1.29, 1.82) is 0 Å². The molecular weight excluding hydrogens is 220 g/mol. The normalized spacial score (nSPS) is 27.5. The van der Waals surface area contributed by atoms with Crippen molar-refractivity contribution in [2.24, 2.45) is 0 Å².